The van der Waals surface area contributed by atoms with Gasteiger partial charge in [-0.25, -0.2) is 0 Å². The minimum Gasteiger partial charge on any atom is -0.378 e. The molecule has 0 amide bonds. The summed E-state index contributed by atoms with van der Waals surface area (Å²) in [6.45, 7) is 5.94. The summed E-state index contributed by atoms with van der Waals surface area (Å²) in [5, 5.41) is 9.16. The van der Waals surface area contributed by atoms with E-state index in [4.69, 9.17) is 40.2 Å². The zero-order valence-electron chi connectivity index (χ0n) is 15.8. The van der Waals surface area contributed by atoms with Crippen LogP contribution in [-0.4, -0.2) is 49.1 Å². The van der Waals surface area contributed by atoms with Gasteiger partial charge in [0.15, 0.2) is 5.11 Å². The first kappa shape index (κ1) is 21.1. The molecule has 5 nitrogen and oxygen atoms in total. The molecule has 0 saturated carbocycles. The minimum atomic E-state index is 0.522. The Bertz CT molecular complexity index is 816. The van der Waals surface area contributed by atoms with Gasteiger partial charge in [0.1, 0.15) is 0 Å². The van der Waals surface area contributed by atoms with Crippen LogP contribution in [0.1, 0.15) is 25.3 Å². The third-order valence-electron chi connectivity index (χ3n) is 4.62. The predicted molar refractivity (Wildman–Crippen MR) is 121 cm³/mol. The van der Waals surface area contributed by atoms with Crippen LogP contribution in [0.5, 0.6) is 0 Å². The maximum Gasteiger partial charge on any atom is 0.186 e. The fraction of sp³-hybridized carbons (Fsp3) is 0.400. The van der Waals surface area contributed by atoms with E-state index < -0.39 is 0 Å². The van der Waals surface area contributed by atoms with Crippen molar-refractivity contribution in [1.29, 1.82) is 0 Å². The van der Waals surface area contributed by atoms with E-state index in [2.05, 4.69) is 26.8 Å². The zero-order valence-corrected chi connectivity index (χ0v) is 18.1. The highest BCUT2D eigenvalue weighted by Gasteiger charge is 2.25. The van der Waals surface area contributed by atoms with E-state index in [1.54, 1.807) is 6.07 Å². The highest BCUT2D eigenvalue weighted by Crippen LogP contribution is 2.36. The Morgan fingerprint density at radius 3 is 2.79 bits per heavy atom. The van der Waals surface area contributed by atoms with E-state index in [9.17, 15) is 0 Å². The average molecular weight is 439 g/mol. The van der Waals surface area contributed by atoms with Crippen LogP contribution in [0.4, 0.5) is 0 Å². The van der Waals surface area contributed by atoms with E-state index in [1.165, 1.54) is 16.8 Å². The Kier molecular flexibility index (Phi) is 7.73. The topological polar surface area (TPSA) is 48.9 Å². The van der Waals surface area contributed by atoms with Crippen molar-refractivity contribution in [2.45, 2.75) is 19.8 Å². The van der Waals surface area contributed by atoms with Crippen molar-refractivity contribution >= 4 is 52.8 Å². The summed E-state index contributed by atoms with van der Waals surface area (Å²) in [6, 6.07) is 5.59. The molecule has 2 aliphatic rings. The lowest BCUT2D eigenvalue weighted by Crippen LogP contribution is -2.36. The van der Waals surface area contributed by atoms with Gasteiger partial charge in [0, 0.05) is 35.4 Å². The third kappa shape index (κ3) is 5.47. The van der Waals surface area contributed by atoms with E-state index in [0.29, 0.717) is 15.2 Å². The lowest BCUT2D eigenvalue weighted by Gasteiger charge is -2.31. The normalized spacial score (nSPS) is 19.0. The molecule has 2 N–H and O–H groups in total. The molecule has 8 heteroatoms. The van der Waals surface area contributed by atoms with Crippen molar-refractivity contribution < 1.29 is 4.74 Å². The summed E-state index contributed by atoms with van der Waals surface area (Å²) >= 11 is 17.6. The van der Waals surface area contributed by atoms with Crippen LogP contribution >= 0.6 is 35.4 Å². The van der Waals surface area contributed by atoms with Crippen LogP contribution in [-0.2, 0) is 4.74 Å². The first-order valence-electron chi connectivity index (χ1n) is 9.37. The summed E-state index contributed by atoms with van der Waals surface area (Å²) in [4.78, 5) is 2.37. The molecule has 0 aromatic heterocycles. The number of hydrogen-bond donors (Lipinski definition) is 2. The summed E-state index contributed by atoms with van der Waals surface area (Å²) in [5.41, 5.74) is 7.49. The second-order valence-electron chi connectivity index (χ2n) is 6.54. The third-order valence-corrected chi connectivity index (χ3v) is 5.41. The standard InChI is InChI=1S/C20H24Cl2N4OS/c1-2-23-20(28)25-24-13-16-4-3-15(19(16)26-7-9-27-10-8-26)11-14-5-6-17(21)12-18(14)22/h5-6,11-13H,2-4,7-10H2,1H3,(H2,23,25,28)/b15-11+,24-13+. The number of hydrogen-bond acceptors (Lipinski definition) is 4. The quantitative estimate of drug-likeness (QED) is 0.409. The lowest BCUT2D eigenvalue weighted by atomic mass is 10.1. The van der Waals surface area contributed by atoms with Gasteiger partial charge in [0.05, 0.1) is 19.4 Å². The molecule has 0 bridgehead atoms. The first-order chi connectivity index (χ1) is 13.6. The molecule has 28 heavy (non-hydrogen) atoms. The summed E-state index contributed by atoms with van der Waals surface area (Å²) in [6.07, 6.45) is 5.88. The highest BCUT2D eigenvalue weighted by atomic mass is 35.5. The number of nitrogens with one attached hydrogen (secondary N) is 2. The van der Waals surface area contributed by atoms with Crippen LogP contribution in [0.15, 0.2) is 40.1 Å². The second-order valence-corrected chi connectivity index (χ2v) is 7.79. The molecule has 1 aliphatic carbocycles. The number of allylic oxidation sites excluding steroid dienone is 2. The fourth-order valence-corrected chi connectivity index (χ4v) is 4.01. The maximum absolute atomic E-state index is 6.39. The van der Waals surface area contributed by atoms with Gasteiger partial charge in [-0.15, -0.1) is 0 Å². The molecule has 1 heterocycles. The van der Waals surface area contributed by atoms with Gasteiger partial charge < -0.3 is 15.0 Å². The lowest BCUT2D eigenvalue weighted by molar-refractivity contribution is 0.0548. The van der Waals surface area contributed by atoms with E-state index in [-0.39, 0.29) is 0 Å². The minimum absolute atomic E-state index is 0.522. The number of rotatable bonds is 5. The predicted octanol–water partition coefficient (Wildman–Crippen LogP) is 4.23. The van der Waals surface area contributed by atoms with Gasteiger partial charge in [-0.3, -0.25) is 5.43 Å². The molecule has 1 aliphatic heterocycles. The Balaban J connectivity index is 1.89. The number of hydrazone groups is 1. The van der Waals surface area contributed by atoms with Gasteiger partial charge in [0.25, 0.3) is 0 Å². The Morgan fingerprint density at radius 2 is 2.07 bits per heavy atom. The molecule has 0 atom stereocenters. The van der Waals surface area contributed by atoms with Gasteiger partial charge in [-0.1, -0.05) is 29.3 Å². The summed E-state index contributed by atoms with van der Waals surface area (Å²) in [5.74, 6) is 0. The van der Waals surface area contributed by atoms with Crippen molar-refractivity contribution in [1.82, 2.24) is 15.6 Å². The molecule has 1 aromatic carbocycles. The van der Waals surface area contributed by atoms with Crippen LogP contribution in [0.3, 0.4) is 0 Å². The van der Waals surface area contributed by atoms with Crippen LogP contribution < -0.4 is 10.7 Å². The van der Waals surface area contributed by atoms with Gasteiger partial charge in [-0.05, 0) is 66.9 Å². The van der Waals surface area contributed by atoms with Crippen molar-refractivity contribution in [3.05, 3.63) is 50.7 Å². The van der Waals surface area contributed by atoms with E-state index in [1.807, 2.05) is 25.3 Å². The van der Waals surface area contributed by atoms with Gasteiger partial charge in [-0.2, -0.15) is 5.10 Å². The Morgan fingerprint density at radius 1 is 1.29 bits per heavy atom. The van der Waals surface area contributed by atoms with Crippen molar-refractivity contribution in [2.75, 3.05) is 32.8 Å². The maximum atomic E-state index is 6.39. The van der Waals surface area contributed by atoms with Crippen LogP contribution in [0.2, 0.25) is 10.0 Å². The molecular weight excluding hydrogens is 415 g/mol. The first-order valence-corrected chi connectivity index (χ1v) is 10.5. The van der Waals surface area contributed by atoms with E-state index >= 15 is 0 Å². The molecular formula is C20H24Cl2N4OS. The SMILES string of the molecule is CCNC(=S)N/N=C/C1=C(N2CCOCC2)C(=C/c2ccc(Cl)cc2Cl)/CC1. The molecule has 0 unspecified atom stereocenters. The number of thiocarbonyl (C=S) groups is 1. The van der Waals surface area contributed by atoms with Gasteiger partial charge in [0.2, 0.25) is 0 Å². The number of ether oxygens (including phenoxy) is 1. The number of benzene rings is 1. The van der Waals surface area contributed by atoms with Crippen LogP contribution in [0, 0.1) is 0 Å². The summed E-state index contributed by atoms with van der Waals surface area (Å²) in [7, 11) is 0. The molecule has 1 saturated heterocycles. The second kappa shape index (κ2) is 10.3. The zero-order chi connectivity index (χ0) is 19.9. The summed E-state index contributed by atoms with van der Waals surface area (Å²) < 4.78 is 5.53. The average Bonchev–Trinajstić information content (AvgIpc) is 3.07. The monoisotopic (exact) mass is 438 g/mol. The molecule has 1 aromatic rings. The Hall–Kier alpha value is -1.60. The van der Waals surface area contributed by atoms with Crippen LogP contribution in [0.25, 0.3) is 6.08 Å². The smallest absolute Gasteiger partial charge is 0.186 e. The number of nitrogens with zero attached hydrogens (tertiary/aromatic N) is 2. The van der Waals surface area contributed by atoms with E-state index in [0.717, 1.165) is 51.3 Å². The number of morpholine rings is 1. The highest BCUT2D eigenvalue weighted by molar-refractivity contribution is 7.80. The molecule has 3 rings (SSSR count). The van der Waals surface area contributed by atoms with Gasteiger partial charge >= 0.3 is 0 Å². The molecule has 0 spiro atoms. The van der Waals surface area contributed by atoms with Crippen molar-refractivity contribution in [2.24, 2.45) is 5.10 Å². The largest absolute Gasteiger partial charge is 0.378 e. The Labute approximate surface area is 181 Å². The van der Waals surface area contributed by atoms with Crippen molar-refractivity contribution in [3.8, 4) is 0 Å². The molecule has 0 radical (unpaired) electrons. The molecule has 150 valence electrons. The molecule has 1 fully saturated rings. The fourth-order valence-electron chi connectivity index (χ4n) is 3.35. The number of halogens is 2. The van der Waals surface area contributed by atoms with Crippen molar-refractivity contribution in [3.63, 3.8) is 0 Å².